The third-order valence-electron chi connectivity index (χ3n) is 3.84. The first-order valence-electron chi connectivity index (χ1n) is 7.75. The average Bonchev–Trinajstić information content (AvgIpc) is 2.90. The van der Waals surface area contributed by atoms with Crippen molar-refractivity contribution in [2.45, 2.75) is 38.3 Å². The molecule has 0 bridgehead atoms. The molecule has 1 amide bonds. The minimum atomic E-state index is -1.46. The minimum absolute atomic E-state index is 0.0488. The lowest BCUT2D eigenvalue weighted by molar-refractivity contribution is -0.143. The fourth-order valence-electron chi connectivity index (χ4n) is 2.68. The van der Waals surface area contributed by atoms with E-state index in [1.165, 1.54) is 6.07 Å². The molecular weight excluding hydrogens is 346 g/mol. The number of rotatable bonds is 3. The van der Waals surface area contributed by atoms with E-state index in [0.29, 0.717) is 22.8 Å². The van der Waals surface area contributed by atoms with Gasteiger partial charge in [-0.3, -0.25) is 0 Å². The molecule has 0 aromatic heterocycles. The van der Waals surface area contributed by atoms with E-state index in [4.69, 9.17) is 21.6 Å². The highest BCUT2D eigenvalue weighted by atomic mass is 35.5. The molecule has 1 aliphatic heterocycles. The van der Waals surface area contributed by atoms with E-state index in [-0.39, 0.29) is 13.0 Å². The summed E-state index contributed by atoms with van der Waals surface area (Å²) in [5.41, 5.74) is -1.14. The van der Waals surface area contributed by atoms with Gasteiger partial charge in [-0.15, -0.1) is 0 Å². The molecule has 1 aliphatic rings. The number of benzene rings is 1. The third-order valence-corrected chi connectivity index (χ3v) is 4.14. The summed E-state index contributed by atoms with van der Waals surface area (Å²) in [4.78, 5) is 25.6. The lowest BCUT2D eigenvalue weighted by Gasteiger charge is -2.29. The van der Waals surface area contributed by atoms with Gasteiger partial charge in [0.15, 0.2) is 5.54 Å². The number of nitriles is 1. The van der Waals surface area contributed by atoms with E-state index in [1.54, 1.807) is 37.8 Å². The van der Waals surface area contributed by atoms with Gasteiger partial charge in [0, 0.05) is 13.0 Å². The maximum absolute atomic E-state index is 12.0. The van der Waals surface area contributed by atoms with Crippen LogP contribution < -0.4 is 10.2 Å². The Labute approximate surface area is 151 Å². The molecule has 0 saturated carbocycles. The summed E-state index contributed by atoms with van der Waals surface area (Å²) in [6, 6.07) is 6.81. The predicted octanol–water partition coefficient (Wildman–Crippen LogP) is 2.77. The third kappa shape index (κ3) is 4.34. The maximum atomic E-state index is 12.0. The second kappa shape index (κ2) is 6.81. The van der Waals surface area contributed by atoms with Crippen molar-refractivity contribution in [2.24, 2.45) is 0 Å². The molecule has 7 nitrogen and oxygen atoms in total. The highest BCUT2D eigenvalue weighted by Crippen LogP contribution is 2.33. The van der Waals surface area contributed by atoms with Gasteiger partial charge in [-0.1, -0.05) is 11.6 Å². The van der Waals surface area contributed by atoms with Gasteiger partial charge in [0.25, 0.3) is 0 Å². The quantitative estimate of drug-likeness (QED) is 0.853. The Balaban J connectivity index is 2.20. The lowest BCUT2D eigenvalue weighted by atomic mass is 9.99. The van der Waals surface area contributed by atoms with Crippen LogP contribution in [0.5, 0.6) is 0 Å². The Morgan fingerprint density at radius 3 is 2.64 bits per heavy atom. The molecule has 0 aliphatic carbocycles. The fourth-order valence-corrected chi connectivity index (χ4v) is 2.98. The standard InChI is InChI=1S/C17H20ClN3O4/c1-16(2,3)25-15(24)20-17(14(22)23)6-7-21(10-17)13-5-4-11(9-19)8-12(13)18/h4-5,8H,6-7,10H2,1-3H3,(H,20,24)(H,22,23). The van der Waals surface area contributed by atoms with Gasteiger partial charge >= 0.3 is 12.1 Å². The van der Waals surface area contributed by atoms with E-state index >= 15 is 0 Å². The zero-order chi connectivity index (χ0) is 18.8. The first kappa shape index (κ1) is 18.9. The molecule has 8 heteroatoms. The van der Waals surface area contributed by atoms with Gasteiger partial charge in [-0.25, -0.2) is 9.59 Å². The molecule has 2 rings (SSSR count). The number of hydrogen-bond acceptors (Lipinski definition) is 5. The van der Waals surface area contributed by atoms with Crippen LogP contribution in [-0.4, -0.2) is 41.4 Å². The van der Waals surface area contributed by atoms with Crippen LogP contribution in [0.25, 0.3) is 0 Å². The zero-order valence-corrected chi connectivity index (χ0v) is 15.1. The van der Waals surface area contributed by atoms with Crippen molar-refractivity contribution in [1.29, 1.82) is 5.26 Å². The summed E-state index contributed by atoms with van der Waals surface area (Å²) >= 11 is 6.20. The molecule has 0 radical (unpaired) electrons. The van der Waals surface area contributed by atoms with Gasteiger partial charge in [0.1, 0.15) is 5.60 Å². The summed E-state index contributed by atoms with van der Waals surface area (Å²) < 4.78 is 5.18. The van der Waals surface area contributed by atoms with Crippen LogP contribution in [0, 0.1) is 11.3 Å². The van der Waals surface area contributed by atoms with Crippen LogP contribution in [0.15, 0.2) is 18.2 Å². The summed E-state index contributed by atoms with van der Waals surface area (Å²) in [5, 5.41) is 21.4. The van der Waals surface area contributed by atoms with Crippen LogP contribution in [0.4, 0.5) is 10.5 Å². The summed E-state index contributed by atoms with van der Waals surface area (Å²) in [6.45, 7) is 5.56. The zero-order valence-electron chi connectivity index (χ0n) is 14.3. The number of nitrogens with zero attached hydrogens (tertiary/aromatic N) is 2. The second-order valence-electron chi connectivity index (χ2n) is 6.96. The first-order chi connectivity index (χ1) is 11.6. The van der Waals surface area contributed by atoms with Crippen LogP contribution in [0.3, 0.4) is 0 Å². The first-order valence-corrected chi connectivity index (χ1v) is 8.13. The summed E-state index contributed by atoms with van der Waals surface area (Å²) in [7, 11) is 0. The monoisotopic (exact) mass is 365 g/mol. The Morgan fingerprint density at radius 2 is 2.12 bits per heavy atom. The Bertz CT molecular complexity index is 738. The molecule has 1 atom stereocenters. The highest BCUT2D eigenvalue weighted by Gasteiger charge is 2.47. The smallest absolute Gasteiger partial charge is 0.408 e. The van der Waals surface area contributed by atoms with E-state index in [1.807, 2.05) is 6.07 Å². The van der Waals surface area contributed by atoms with E-state index < -0.39 is 23.2 Å². The Hall–Kier alpha value is -2.46. The number of nitrogens with one attached hydrogen (secondary N) is 1. The molecule has 1 unspecified atom stereocenters. The normalized spacial score (nSPS) is 20.0. The van der Waals surface area contributed by atoms with Crippen molar-refractivity contribution in [2.75, 3.05) is 18.0 Å². The molecule has 0 spiro atoms. The molecule has 25 heavy (non-hydrogen) atoms. The molecule has 1 saturated heterocycles. The molecule has 1 heterocycles. The van der Waals surface area contributed by atoms with Crippen LogP contribution >= 0.6 is 11.6 Å². The van der Waals surface area contributed by atoms with Crippen molar-refractivity contribution in [3.63, 3.8) is 0 Å². The number of aliphatic carboxylic acids is 1. The molecule has 1 aromatic rings. The summed E-state index contributed by atoms with van der Waals surface area (Å²) in [6.07, 6.45) is -0.569. The van der Waals surface area contributed by atoms with Gasteiger partial charge in [0.05, 0.1) is 28.9 Å². The number of hydrogen-bond donors (Lipinski definition) is 2. The van der Waals surface area contributed by atoms with Crippen molar-refractivity contribution in [1.82, 2.24) is 5.32 Å². The number of amides is 1. The number of carbonyl (C=O) groups is 2. The van der Waals surface area contributed by atoms with Crippen molar-refractivity contribution in [3.05, 3.63) is 28.8 Å². The number of alkyl carbamates (subject to hydrolysis) is 1. The SMILES string of the molecule is CC(C)(C)OC(=O)NC1(C(=O)O)CCN(c2ccc(C#N)cc2Cl)C1. The average molecular weight is 366 g/mol. The summed E-state index contributed by atoms with van der Waals surface area (Å²) in [5.74, 6) is -1.13. The Kier molecular flexibility index (Phi) is 5.14. The highest BCUT2D eigenvalue weighted by molar-refractivity contribution is 6.33. The van der Waals surface area contributed by atoms with E-state index in [9.17, 15) is 14.7 Å². The molecule has 1 aromatic carbocycles. The number of carbonyl (C=O) groups excluding carboxylic acids is 1. The van der Waals surface area contributed by atoms with Gasteiger partial charge < -0.3 is 20.1 Å². The maximum Gasteiger partial charge on any atom is 0.408 e. The van der Waals surface area contributed by atoms with Crippen molar-refractivity contribution < 1.29 is 19.4 Å². The number of anilines is 1. The lowest BCUT2D eigenvalue weighted by Crippen LogP contribution is -2.57. The molecular formula is C17H20ClN3O4. The van der Waals surface area contributed by atoms with Crippen LogP contribution in [0.2, 0.25) is 5.02 Å². The van der Waals surface area contributed by atoms with Gasteiger partial charge in [0.2, 0.25) is 0 Å². The van der Waals surface area contributed by atoms with Gasteiger partial charge in [-0.2, -0.15) is 5.26 Å². The number of ether oxygens (including phenoxy) is 1. The number of halogens is 1. The van der Waals surface area contributed by atoms with E-state index in [0.717, 1.165) is 0 Å². The van der Waals surface area contributed by atoms with Crippen molar-refractivity contribution in [3.8, 4) is 6.07 Å². The molecule has 2 N–H and O–H groups in total. The number of carboxylic acids is 1. The second-order valence-corrected chi connectivity index (χ2v) is 7.37. The number of carboxylic acid groups (broad SMARTS) is 1. The van der Waals surface area contributed by atoms with Crippen LogP contribution in [-0.2, 0) is 9.53 Å². The topological polar surface area (TPSA) is 103 Å². The molecule has 1 fully saturated rings. The molecule has 134 valence electrons. The Morgan fingerprint density at radius 1 is 1.44 bits per heavy atom. The minimum Gasteiger partial charge on any atom is -0.479 e. The fraction of sp³-hybridized carbons (Fsp3) is 0.471. The van der Waals surface area contributed by atoms with Crippen molar-refractivity contribution >= 4 is 29.4 Å². The predicted molar refractivity (Wildman–Crippen MR) is 92.7 cm³/mol. The van der Waals surface area contributed by atoms with Gasteiger partial charge in [-0.05, 0) is 39.0 Å². The van der Waals surface area contributed by atoms with Crippen LogP contribution in [0.1, 0.15) is 32.8 Å². The largest absolute Gasteiger partial charge is 0.479 e. The van der Waals surface area contributed by atoms with E-state index in [2.05, 4.69) is 5.32 Å².